The molecule has 1 aliphatic carbocycles. The van der Waals surface area contributed by atoms with Gasteiger partial charge in [0.2, 0.25) is 0 Å². The number of benzene rings is 1. The normalized spacial score (nSPS) is 14.5. The van der Waals surface area contributed by atoms with Crippen molar-refractivity contribution >= 4 is 39.2 Å². The van der Waals surface area contributed by atoms with Crippen molar-refractivity contribution in [2.75, 3.05) is 6.61 Å². The Morgan fingerprint density at radius 1 is 1.33 bits per heavy atom. The van der Waals surface area contributed by atoms with Gasteiger partial charge in [0.15, 0.2) is 11.7 Å². The summed E-state index contributed by atoms with van der Waals surface area (Å²) in [6.45, 7) is -0.0739. The number of hydrogen-bond donors (Lipinski definition) is 3. The largest absolute Gasteiger partial charge is 0.484 e. The molecule has 1 aromatic rings. The molecule has 0 aromatic heterocycles. The summed E-state index contributed by atoms with van der Waals surface area (Å²) >= 11 is 8.46. The molecule has 114 valence electrons. The number of carbonyl (C=O) groups excluding carboxylic acids is 1. The Labute approximate surface area is 137 Å². The summed E-state index contributed by atoms with van der Waals surface area (Å²) in [6.07, 6.45) is 4.71. The third-order valence-corrected chi connectivity index (χ3v) is 3.89. The first-order valence-electron chi connectivity index (χ1n) is 6.87. The summed E-state index contributed by atoms with van der Waals surface area (Å²) in [4.78, 5) is 11.6. The van der Waals surface area contributed by atoms with Gasteiger partial charge in [0.25, 0.3) is 5.91 Å². The van der Waals surface area contributed by atoms with E-state index in [-0.39, 0.29) is 12.5 Å². The van der Waals surface area contributed by atoms with Crippen LogP contribution in [0.5, 0.6) is 5.75 Å². The van der Waals surface area contributed by atoms with E-state index in [1.807, 2.05) is 12.1 Å². The first-order valence-corrected chi connectivity index (χ1v) is 8.07. The van der Waals surface area contributed by atoms with Gasteiger partial charge in [0.05, 0.1) is 0 Å². The fourth-order valence-corrected chi connectivity index (χ4v) is 2.76. The summed E-state index contributed by atoms with van der Waals surface area (Å²) in [6, 6.07) is 7.74. The van der Waals surface area contributed by atoms with Gasteiger partial charge in [-0.1, -0.05) is 34.8 Å². The average molecular weight is 372 g/mol. The second-order valence-electron chi connectivity index (χ2n) is 4.87. The van der Waals surface area contributed by atoms with Gasteiger partial charge >= 0.3 is 0 Å². The van der Waals surface area contributed by atoms with E-state index in [0.717, 1.165) is 17.3 Å². The first-order chi connectivity index (χ1) is 10.1. The molecule has 0 bridgehead atoms. The first kappa shape index (κ1) is 16.0. The minimum Gasteiger partial charge on any atom is -0.484 e. The fourth-order valence-electron chi connectivity index (χ4n) is 2.16. The minimum absolute atomic E-state index is 0.0739. The summed E-state index contributed by atoms with van der Waals surface area (Å²) in [5.41, 5.74) is 5.20. The van der Waals surface area contributed by atoms with Crippen LogP contribution in [0.1, 0.15) is 25.7 Å². The lowest BCUT2D eigenvalue weighted by atomic mass is 10.3. The summed E-state index contributed by atoms with van der Waals surface area (Å²) < 4.78 is 6.27. The molecule has 3 N–H and O–H groups in total. The van der Waals surface area contributed by atoms with Crippen molar-refractivity contribution < 1.29 is 9.53 Å². The molecule has 1 saturated carbocycles. The smallest absolute Gasteiger partial charge is 0.276 e. The molecule has 21 heavy (non-hydrogen) atoms. The van der Waals surface area contributed by atoms with Crippen LogP contribution in [0.3, 0.4) is 0 Å². The molecule has 1 aromatic carbocycles. The van der Waals surface area contributed by atoms with Crippen LogP contribution in [-0.4, -0.2) is 23.7 Å². The second-order valence-corrected chi connectivity index (χ2v) is 6.20. The Bertz CT molecular complexity index is 507. The lowest BCUT2D eigenvalue weighted by Crippen LogP contribution is -2.50. The molecule has 0 atom stereocenters. The molecule has 0 aliphatic heterocycles. The lowest BCUT2D eigenvalue weighted by Gasteiger charge is -2.16. The van der Waals surface area contributed by atoms with Crippen molar-refractivity contribution in [1.29, 1.82) is 0 Å². The van der Waals surface area contributed by atoms with Gasteiger partial charge < -0.3 is 10.1 Å². The van der Waals surface area contributed by atoms with Gasteiger partial charge in [0.1, 0.15) is 5.75 Å². The maximum absolute atomic E-state index is 11.6. The zero-order chi connectivity index (χ0) is 15.1. The van der Waals surface area contributed by atoms with Crippen molar-refractivity contribution in [3.05, 3.63) is 28.7 Å². The Morgan fingerprint density at radius 2 is 2.10 bits per heavy atom. The Kier molecular flexibility index (Phi) is 6.25. The van der Waals surface area contributed by atoms with Gasteiger partial charge in [0, 0.05) is 10.5 Å². The van der Waals surface area contributed by atoms with Crippen LogP contribution in [0.15, 0.2) is 28.7 Å². The van der Waals surface area contributed by atoms with E-state index in [9.17, 15) is 4.79 Å². The highest BCUT2D eigenvalue weighted by atomic mass is 79.9. The zero-order valence-corrected chi connectivity index (χ0v) is 13.9. The molecular formula is C14H18BrN3O2S. The van der Waals surface area contributed by atoms with Crippen molar-refractivity contribution in [1.82, 2.24) is 16.2 Å². The molecular weight excluding hydrogens is 354 g/mol. The molecule has 0 saturated heterocycles. The third-order valence-electron chi connectivity index (χ3n) is 3.17. The molecule has 0 radical (unpaired) electrons. The van der Waals surface area contributed by atoms with Crippen LogP contribution in [0.25, 0.3) is 0 Å². The van der Waals surface area contributed by atoms with E-state index >= 15 is 0 Å². The van der Waals surface area contributed by atoms with Crippen molar-refractivity contribution in [3.63, 3.8) is 0 Å². The van der Waals surface area contributed by atoms with Crippen LogP contribution in [0, 0.1) is 0 Å². The number of halogens is 1. The van der Waals surface area contributed by atoms with Crippen molar-refractivity contribution in [2.45, 2.75) is 31.7 Å². The van der Waals surface area contributed by atoms with Crippen LogP contribution in [0.2, 0.25) is 0 Å². The van der Waals surface area contributed by atoms with Gasteiger partial charge in [-0.3, -0.25) is 15.6 Å². The number of hydrazine groups is 1. The van der Waals surface area contributed by atoms with Gasteiger partial charge in [-0.2, -0.15) is 0 Å². The molecule has 1 aliphatic rings. The molecule has 1 fully saturated rings. The van der Waals surface area contributed by atoms with Gasteiger partial charge in [-0.15, -0.1) is 0 Å². The van der Waals surface area contributed by atoms with Crippen LogP contribution >= 0.6 is 28.1 Å². The Morgan fingerprint density at radius 3 is 2.81 bits per heavy atom. The van der Waals surface area contributed by atoms with Crippen molar-refractivity contribution in [2.24, 2.45) is 0 Å². The van der Waals surface area contributed by atoms with E-state index in [1.54, 1.807) is 12.1 Å². The number of amides is 1. The maximum Gasteiger partial charge on any atom is 0.276 e. The molecule has 0 unspecified atom stereocenters. The summed E-state index contributed by atoms with van der Waals surface area (Å²) in [5.74, 6) is 0.344. The minimum atomic E-state index is -0.287. The van der Waals surface area contributed by atoms with Crippen LogP contribution in [0.4, 0.5) is 0 Å². The average Bonchev–Trinajstić information content (AvgIpc) is 2.96. The fraction of sp³-hybridized carbons (Fsp3) is 0.429. The molecule has 7 heteroatoms. The molecule has 2 rings (SSSR count). The number of carbonyl (C=O) groups is 1. The highest BCUT2D eigenvalue weighted by Gasteiger charge is 2.15. The van der Waals surface area contributed by atoms with Crippen LogP contribution in [-0.2, 0) is 4.79 Å². The van der Waals surface area contributed by atoms with Crippen LogP contribution < -0.4 is 20.9 Å². The predicted molar refractivity (Wildman–Crippen MR) is 88.9 cm³/mol. The quantitative estimate of drug-likeness (QED) is 0.559. The van der Waals surface area contributed by atoms with E-state index in [4.69, 9.17) is 17.0 Å². The molecule has 1 amide bonds. The predicted octanol–water partition coefficient (Wildman–Crippen LogP) is 2.27. The Hall–Kier alpha value is -1.34. The molecule has 5 nitrogen and oxygen atoms in total. The standard InChI is InChI=1S/C14H18BrN3O2S/c15-10-4-3-7-12(8-10)20-9-13(19)17-18-14(21)16-11-5-1-2-6-11/h3-4,7-8,11H,1-2,5-6,9H2,(H,17,19)(H2,16,18,21). The zero-order valence-electron chi connectivity index (χ0n) is 11.5. The van der Waals surface area contributed by atoms with E-state index in [0.29, 0.717) is 16.9 Å². The number of ether oxygens (including phenoxy) is 1. The summed E-state index contributed by atoms with van der Waals surface area (Å²) in [5, 5.41) is 3.62. The molecule has 0 heterocycles. The highest BCUT2D eigenvalue weighted by Crippen LogP contribution is 2.18. The SMILES string of the molecule is O=C(COc1cccc(Br)c1)NNC(=S)NC1CCCC1. The highest BCUT2D eigenvalue weighted by molar-refractivity contribution is 9.10. The topological polar surface area (TPSA) is 62.4 Å². The van der Waals surface area contributed by atoms with E-state index < -0.39 is 0 Å². The van der Waals surface area contributed by atoms with Crippen molar-refractivity contribution in [3.8, 4) is 5.75 Å². The van der Waals surface area contributed by atoms with E-state index in [1.165, 1.54) is 12.8 Å². The van der Waals surface area contributed by atoms with Gasteiger partial charge in [-0.05, 0) is 43.3 Å². The third kappa shape index (κ3) is 5.89. The number of thiocarbonyl (C=S) groups is 1. The second kappa shape index (κ2) is 8.19. The number of rotatable bonds is 4. The monoisotopic (exact) mass is 371 g/mol. The maximum atomic E-state index is 11.6. The van der Waals surface area contributed by atoms with Gasteiger partial charge in [-0.25, -0.2) is 0 Å². The Balaban J connectivity index is 1.64. The molecule has 0 spiro atoms. The lowest BCUT2D eigenvalue weighted by molar-refractivity contribution is -0.123. The number of nitrogens with one attached hydrogen (secondary N) is 3. The van der Waals surface area contributed by atoms with E-state index in [2.05, 4.69) is 32.1 Å². The number of hydrogen-bond acceptors (Lipinski definition) is 3. The summed E-state index contributed by atoms with van der Waals surface area (Å²) in [7, 11) is 0.